The summed E-state index contributed by atoms with van der Waals surface area (Å²) in [6.07, 6.45) is 0. The minimum atomic E-state index is 0.591. The molecule has 2 heterocycles. The van der Waals surface area contributed by atoms with Crippen molar-refractivity contribution in [3.63, 3.8) is 0 Å². The van der Waals surface area contributed by atoms with Crippen LogP contribution in [-0.2, 0) is 6.54 Å². The van der Waals surface area contributed by atoms with Crippen molar-refractivity contribution in [1.82, 2.24) is 20.1 Å². The zero-order valence-electron chi connectivity index (χ0n) is 8.78. The first-order chi connectivity index (χ1) is 7.09. The zero-order valence-corrected chi connectivity index (χ0v) is 10.4. The molecule has 80 valence electrons. The van der Waals surface area contributed by atoms with Crippen molar-refractivity contribution in [2.24, 2.45) is 0 Å². The third-order valence-corrected chi connectivity index (χ3v) is 3.49. The molecule has 0 N–H and O–H groups in total. The molecule has 6 heteroatoms. The Labute approximate surface area is 95.6 Å². The number of aryl methyl sites for hydroxylation is 2. The molecule has 0 atom stereocenters. The van der Waals surface area contributed by atoms with Gasteiger partial charge in [-0.2, -0.15) is 5.10 Å². The fourth-order valence-corrected chi connectivity index (χ4v) is 1.65. The van der Waals surface area contributed by atoms with E-state index in [2.05, 4.69) is 36.0 Å². The Morgan fingerprint density at radius 3 is 2.40 bits per heavy atom. The van der Waals surface area contributed by atoms with Gasteiger partial charge in [-0.3, -0.25) is 4.68 Å². The van der Waals surface area contributed by atoms with Crippen LogP contribution in [0.25, 0.3) is 0 Å². The van der Waals surface area contributed by atoms with Gasteiger partial charge in [0.25, 0.3) is 0 Å². The van der Waals surface area contributed by atoms with E-state index in [0.29, 0.717) is 6.54 Å². The van der Waals surface area contributed by atoms with Crippen LogP contribution in [0.3, 0.4) is 0 Å². The van der Waals surface area contributed by atoms with Crippen LogP contribution in [0.1, 0.15) is 22.8 Å². The van der Waals surface area contributed by atoms with Gasteiger partial charge >= 0.3 is 0 Å². The average Bonchev–Trinajstić information content (AvgIpc) is 2.69. The molecule has 2 aromatic heterocycles. The van der Waals surface area contributed by atoms with Gasteiger partial charge in [0, 0.05) is 0 Å². The molecule has 0 aliphatic rings. The molecule has 0 saturated carbocycles. The van der Waals surface area contributed by atoms with Crippen LogP contribution < -0.4 is 0 Å². The van der Waals surface area contributed by atoms with E-state index >= 15 is 0 Å². The van der Waals surface area contributed by atoms with Crippen LogP contribution in [0.4, 0.5) is 0 Å². The highest BCUT2D eigenvalue weighted by Crippen LogP contribution is 2.20. The minimum absolute atomic E-state index is 0.591. The summed E-state index contributed by atoms with van der Waals surface area (Å²) >= 11 is 3.48. The predicted molar refractivity (Wildman–Crippen MR) is 57.5 cm³/mol. The summed E-state index contributed by atoms with van der Waals surface area (Å²) in [7, 11) is 0. The first-order valence-electron chi connectivity index (χ1n) is 4.57. The van der Waals surface area contributed by atoms with Crippen LogP contribution >= 0.6 is 15.9 Å². The predicted octanol–water partition coefficient (Wildman–Crippen LogP) is 2.00. The fourth-order valence-electron chi connectivity index (χ4n) is 1.36. The summed E-state index contributed by atoms with van der Waals surface area (Å²) in [6.45, 7) is 6.43. The normalized spacial score (nSPS) is 10.9. The molecule has 0 amide bonds. The van der Waals surface area contributed by atoms with Crippen molar-refractivity contribution < 1.29 is 4.63 Å². The summed E-state index contributed by atoms with van der Waals surface area (Å²) in [5.41, 5.74) is 3.67. The Balaban J connectivity index is 2.33. The summed E-state index contributed by atoms with van der Waals surface area (Å²) < 4.78 is 7.56. The van der Waals surface area contributed by atoms with Gasteiger partial charge in [0.15, 0.2) is 0 Å². The minimum Gasteiger partial charge on any atom is -0.262 e. The molecule has 15 heavy (non-hydrogen) atoms. The average molecular weight is 271 g/mol. The highest BCUT2D eigenvalue weighted by molar-refractivity contribution is 9.10. The molecule has 0 saturated heterocycles. The molecular formula is C9H11BrN4O. The molecule has 5 nitrogen and oxygen atoms in total. The van der Waals surface area contributed by atoms with E-state index in [-0.39, 0.29) is 0 Å². The first-order valence-corrected chi connectivity index (χ1v) is 5.36. The Hall–Kier alpha value is -1.17. The van der Waals surface area contributed by atoms with Crippen molar-refractivity contribution in [1.29, 1.82) is 0 Å². The lowest BCUT2D eigenvalue weighted by Crippen LogP contribution is -2.05. The molecule has 0 radical (unpaired) electrons. The Kier molecular flexibility index (Phi) is 2.60. The maximum atomic E-state index is 4.64. The molecule has 2 rings (SSSR count). The smallest absolute Gasteiger partial charge is 0.129 e. The van der Waals surface area contributed by atoms with Crippen LogP contribution in [-0.4, -0.2) is 20.1 Å². The van der Waals surface area contributed by atoms with E-state index in [9.17, 15) is 0 Å². The van der Waals surface area contributed by atoms with Crippen LogP contribution in [0, 0.1) is 20.8 Å². The molecule has 0 fully saturated rings. The molecule has 2 aromatic rings. The van der Waals surface area contributed by atoms with Crippen LogP contribution in [0.2, 0.25) is 0 Å². The van der Waals surface area contributed by atoms with Crippen molar-refractivity contribution in [3.05, 3.63) is 27.2 Å². The SMILES string of the molecule is Cc1nonc1Cn1nc(C)c(Br)c1C. The number of hydrogen-bond acceptors (Lipinski definition) is 4. The molecular weight excluding hydrogens is 260 g/mol. The molecule has 0 aliphatic heterocycles. The van der Waals surface area contributed by atoms with E-state index in [1.807, 2.05) is 25.5 Å². The number of aromatic nitrogens is 4. The summed E-state index contributed by atoms with van der Waals surface area (Å²) in [5, 5.41) is 11.9. The third-order valence-electron chi connectivity index (χ3n) is 2.34. The van der Waals surface area contributed by atoms with Crippen LogP contribution in [0.15, 0.2) is 9.10 Å². The highest BCUT2D eigenvalue weighted by Gasteiger charge is 2.12. The second-order valence-corrected chi connectivity index (χ2v) is 4.23. The van der Waals surface area contributed by atoms with Gasteiger partial charge in [-0.1, -0.05) is 10.3 Å². The topological polar surface area (TPSA) is 56.7 Å². The van der Waals surface area contributed by atoms with Crippen LogP contribution in [0.5, 0.6) is 0 Å². The van der Waals surface area contributed by atoms with Crippen molar-refractivity contribution >= 4 is 15.9 Å². The van der Waals surface area contributed by atoms with Gasteiger partial charge in [0.2, 0.25) is 0 Å². The van der Waals surface area contributed by atoms with Gasteiger partial charge in [-0.15, -0.1) is 0 Å². The lowest BCUT2D eigenvalue weighted by molar-refractivity contribution is 0.300. The zero-order chi connectivity index (χ0) is 11.0. The maximum absolute atomic E-state index is 4.64. The molecule has 0 aromatic carbocycles. The van der Waals surface area contributed by atoms with E-state index in [0.717, 1.165) is 27.2 Å². The number of hydrogen-bond donors (Lipinski definition) is 0. The number of halogens is 1. The van der Waals surface area contributed by atoms with Crippen molar-refractivity contribution in [2.45, 2.75) is 27.3 Å². The summed E-state index contributed by atoms with van der Waals surface area (Å²) in [5.74, 6) is 0. The monoisotopic (exact) mass is 270 g/mol. The van der Waals surface area contributed by atoms with Gasteiger partial charge in [0.05, 0.1) is 22.4 Å². The second-order valence-electron chi connectivity index (χ2n) is 3.44. The quantitative estimate of drug-likeness (QED) is 0.838. The fraction of sp³-hybridized carbons (Fsp3) is 0.444. The standard InChI is InChI=1S/C9H11BrN4O/c1-5-8(13-15-12-5)4-14-7(3)9(10)6(2)11-14/h4H2,1-3H3. The van der Waals surface area contributed by atoms with Gasteiger partial charge < -0.3 is 0 Å². The van der Waals surface area contributed by atoms with E-state index < -0.39 is 0 Å². The van der Waals surface area contributed by atoms with Gasteiger partial charge in [-0.05, 0) is 36.7 Å². The third kappa shape index (κ3) is 1.81. The van der Waals surface area contributed by atoms with Crippen molar-refractivity contribution in [3.8, 4) is 0 Å². The van der Waals surface area contributed by atoms with Gasteiger partial charge in [0.1, 0.15) is 11.4 Å². The molecule has 0 spiro atoms. The van der Waals surface area contributed by atoms with Gasteiger partial charge in [-0.25, -0.2) is 4.63 Å². The molecule has 0 bridgehead atoms. The van der Waals surface area contributed by atoms with E-state index in [1.54, 1.807) is 0 Å². The maximum Gasteiger partial charge on any atom is 0.129 e. The van der Waals surface area contributed by atoms with E-state index in [1.165, 1.54) is 0 Å². The Morgan fingerprint density at radius 2 is 1.93 bits per heavy atom. The second kappa shape index (κ2) is 3.77. The number of nitrogens with zero attached hydrogens (tertiary/aromatic N) is 4. The summed E-state index contributed by atoms with van der Waals surface area (Å²) in [4.78, 5) is 0. The molecule has 0 unspecified atom stereocenters. The highest BCUT2D eigenvalue weighted by atomic mass is 79.9. The van der Waals surface area contributed by atoms with E-state index in [4.69, 9.17) is 0 Å². The first kappa shape index (κ1) is 10.4. The lowest BCUT2D eigenvalue weighted by atomic mass is 10.3. The molecule has 0 aliphatic carbocycles. The Morgan fingerprint density at radius 1 is 1.20 bits per heavy atom. The van der Waals surface area contributed by atoms with Crippen molar-refractivity contribution in [2.75, 3.05) is 0 Å². The number of rotatable bonds is 2. The lowest BCUT2D eigenvalue weighted by Gasteiger charge is -2.00. The summed E-state index contributed by atoms with van der Waals surface area (Å²) in [6, 6.07) is 0. The largest absolute Gasteiger partial charge is 0.262 e. The Bertz CT molecular complexity index is 488.